The highest BCUT2D eigenvalue weighted by atomic mass is 28.4. The van der Waals surface area contributed by atoms with Gasteiger partial charge in [-0.25, -0.2) is 4.79 Å². The number of hydrogen-bond donors (Lipinski definition) is 0. The molecular formula is C19H27NO5Si. The van der Waals surface area contributed by atoms with E-state index in [2.05, 4.69) is 23.6 Å². The summed E-state index contributed by atoms with van der Waals surface area (Å²) < 4.78 is 24.0. The first kappa shape index (κ1) is 19.3. The van der Waals surface area contributed by atoms with E-state index >= 15 is 0 Å². The van der Waals surface area contributed by atoms with Crippen molar-refractivity contribution in [3.8, 4) is 0 Å². The van der Waals surface area contributed by atoms with Crippen LogP contribution < -0.4 is 0 Å². The van der Waals surface area contributed by atoms with Crippen molar-refractivity contribution in [2.24, 2.45) is 0 Å². The lowest BCUT2D eigenvalue weighted by molar-refractivity contribution is -0.139. The molecule has 142 valence electrons. The zero-order chi connectivity index (χ0) is 18.4. The molecule has 1 atom stereocenters. The maximum absolute atomic E-state index is 11.5. The minimum absolute atomic E-state index is 0.0681. The first-order valence-electron chi connectivity index (χ1n) is 9.14. The second-order valence-electron chi connectivity index (χ2n) is 6.72. The molecule has 0 aromatic heterocycles. The highest BCUT2D eigenvalue weighted by Gasteiger charge is 2.46. The normalized spacial score (nSPS) is 28.7. The summed E-state index contributed by atoms with van der Waals surface area (Å²) in [5.41, 5.74) is 1.55. The van der Waals surface area contributed by atoms with Crippen molar-refractivity contribution in [3.63, 3.8) is 0 Å². The fourth-order valence-corrected chi connectivity index (χ4v) is 5.83. The molecule has 26 heavy (non-hydrogen) atoms. The highest BCUT2D eigenvalue weighted by molar-refractivity contribution is 6.60. The Morgan fingerprint density at radius 1 is 1.27 bits per heavy atom. The first-order valence-corrected chi connectivity index (χ1v) is 11.1. The molecule has 3 heterocycles. The van der Waals surface area contributed by atoms with Gasteiger partial charge in [-0.1, -0.05) is 36.9 Å². The predicted octanol–water partition coefficient (Wildman–Crippen LogP) is 2.56. The molecule has 6 nitrogen and oxygen atoms in total. The predicted molar refractivity (Wildman–Crippen MR) is 99.6 cm³/mol. The topological polar surface area (TPSA) is 57.2 Å². The molecule has 1 unspecified atom stereocenters. The van der Waals surface area contributed by atoms with Crippen LogP contribution in [0.25, 0.3) is 0 Å². The summed E-state index contributed by atoms with van der Waals surface area (Å²) in [5, 5.41) is 0. The van der Waals surface area contributed by atoms with Gasteiger partial charge in [-0.2, -0.15) is 0 Å². The number of nitrogens with zero attached hydrogens (tertiary/aromatic N) is 1. The molecule has 1 aromatic carbocycles. The zero-order valence-electron chi connectivity index (χ0n) is 15.3. The lowest BCUT2D eigenvalue weighted by Crippen LogP contribution is -2.55. The van der Waals surface area contributed by atoms with Crippen molar-refractivity contribution in [1.29, 1.82) is 0 Å². The van der Waals surface area contributed by atoms with E-state index < -0.39 is 8.80 Å². The van der Waals surface area contributed by atoms with E-state index in [1.54, 1.807) is 6.92 Å². The van der Waals surface area contributed by atoms with Crippen LogP contribution in [0.15, 0.2) is 42.5 Å². The second kappa shape index (κ2) is 8.92. The summed E-state index contributed by atoms with van der Waals surface area (Å²) in [7, 11) is -2.81. The van der Waals surface area contributed by atoms with E-state index in [9.17, 15) is 4.79 Å². The zero-order valence-corrected chi connectivity index (χ0v) is 16.3. The summed E-state index contributed by atoms with van der Waals surface area (Å²) in [6.07, 6.45) is 0.581. The number of benzene rings is 1. The quantitative estimate of drug-likeness (QED) is 0.329. The second-order valence-corrected chi connectivity index (χ2v) is 9.40. The molecule has 7 heteroatoms. The van der Waals surface area contributed by atoms with Crippen LogP contribution >= 0.6 is 0 Å². The van der Waals surface area contributed by atoms with Crippen LogP contribution in [0, 0.1) is 0 Å². The molecule has 0 spiro atoms. The van der Waals surface area contributed by atoms with Gasteiger partial charge in [0, 0.05) is 31.3 Å². The van der Waals surface area contributed by atoms with E-state index in [4.69, 9.17) is 18.0 Å². The van der Waals surface area contributed by atoms with E-state index in [1.807, 2.05) is 18.2 Å². The molecular weight excluding hydrogens is 350 g/mol. The Bertz CT molecular complexity index is 614. The molecule has 3 aliphatic rings. The lowest BCUT2D eigenvalue weighted by atomic mass is 10.1. The lowest BCUT2D eigenvalue weighted by Gasteiger charge is -2.42. The van der Waals surface area contributed by atoms with E-state index in [1.165, 1.54) is 0 Å². The van der Waals surface area contributed by atoms with Crippen LogP contribution in [0.5, 0.6) is 0 Å². The van der Waals surface area contributed by atoms with Crippen LogP contribution in [0.2, 0.25) is 6.04 Å². The highest BCUT2D eigenvalue weighted by Crippen LogP contribution is 2.31. The van der Waals surface area contributed by atoms with Gasteiger partial charge in [0.1, 0.15) is 0 Å². The van der Waals surface area contributed by atoms with Crippen LogP contribution in [0.1, 0.15) is 25.0 Å². The molecule has 0 radical (unpaired) electrons. The fourth-order valence-electron chi connectivity index (χ4n) is 3.17. The molecule has 3 aliphatic heterocycles. The van der Waals surface area contributed by atoms with Gasteiger partial charge in [0.2, 0.25) is 0 Å². The van der Waals surface area contributed by atoms with Gasteiger partial charge in [-0.15, -0.1) is 0 Å². The minimum atomic E-state index is -2.81. The van der Waals surface area contributed by atoms with Gasteiger partial charge in [-0.05, 0) is 18.9 Å². The van der Waals surface area contributed by atoms with Crippen LogP contribution in [0.3, 0.4) is 0 Å². The number of ether oxygens (including phenoxy) is 1. The Hall–Kier alpha value is -1.51. The molecule has 4 rings (SSSR count). The summed E-state index contributed by atoms with van der Waals surface area (Å²) in [5.74, 6) is -0.361. The van der Waals surface area contributed by atoms with Gasteiger partial charge in [0.05, 0.1) is 25.9 Å². The number of hydrogen-bond acceptors (Lipinski definition) is 6. The van der Waals surface area contributed by atoms with Crippen molar-refractivity contribution in [2.75, 3.05) is 39.5 Å². The number of rotatable bonds is 6. The van der Waals surface area contributed by atoms with Crippen molar-refractivity contribution >= 4 is 14.8 Å². The summed E-state index contributed by atoms with van der Waals surface area (Å²) in [6.45, 7) is 9.39. The third-order valence-electron chi connectivity index (χ3n) is 4.59. The number of esters is 1. The number of fused-ring (bicyclic) bond motifs is 6. The Labute approximate surface area is 156 Å². The Kier molecular flexibility index (Phi) is 6.61. The maximum Gasteiger partial charge on any atom is 0.501 e. The average molecular weight is 378 g/mol. The summed E-state index contributed by atoms with van der Waals surface area (Å²) in [6, 6.07) is 10.9. The summed E-state index contributed by atoms with van der Waals surface area (Å²) in [4.78, 5) is 13.9. The molecule has 3 saturated heterocycles. The molecule has 1 aromatic rings. The average Bonchev–Trinajstić information content (AvgIpc) is 2.59. The van der Waals surface area contributed by atoms with Crippen LogP contribution in [-0.2, 0) is 22.8 Å². The van der Waals surface area contributed by atoms with Gasteiger partial charge >= 0.3 is 14.8 Å². The Morgan fingerprint density at radius 3 is 2.62 bits per heavy atom. The van der Waals surface area contributed by atoms with Gasteiger partial charge in [-0.3, -0.25) is 4.90 Å². The molecule has 0 saturated carbocycles. The van der Waals surface area contributed by atoms with Gasteiger partial charge in [0.15, 0.2) is 0 Å². The van der Waals surface area contributed by atoms with E-state index in [-0.39, 0.29) is 12.1 Å². The van der Waals surface area contributed by atoms with Gasteiger partial charge < -0.3 is 18.0 Å². The van der Waals surface area contributed by atoms with Gasteiger partial charge in [0.25, 0.3) is 0 Å². The fraction of sp³-hybridized carbons (Fsp3) is 0.526. The third-order valence-corrected chi connectivity index (χ3v) is 7.48. The molecule has 3 fully saturated rings. The van der Waals surface area contributed by atoms with Crippen LogP contribution in [0.4, 0.5) is 0 Å². The SMILES string of the molecule is C=C(C)C(=O)OCCC[Si]12OCCN(CCO1)CC(c1ccccc1)O2. The third kappa shape index (κ3) is 5.02. The van der Waals surface area contributed by atoms with Crippen LogP contribution in [-0.4, -0.2) is 59.1 Å². The van der Waals surface area contributed by atoms with E-state index in [0.29, 0.717) is 37.9 Å². The molecule has 0 amide bonds. The first-order chi connectivity index (χ1) is 12.6. The van der Waals surface area contributed by atoms with Crippen molar-refractivity contribution in [2.45, 2.75) is 25.5 Å². The smallest absolute Gasteiger partial charge is 0.462 e. The Morgan fingerprint density at radius 2 is 1.96 bits per heavy atom. The largest absolute Gasteiger partial charge is 0.501 e. The molecule has 0 N–H and O–H groups in total. The van der Waals surface area contributed by atoms with Crippen molar-refractivity contribution in [3.05, 3.63) is 48.0 Å². The maximum atomic E-state index is 11.5. The summed E-state index contributed by atoms with van der Waals surface area (Å²) >= 11 is 0. The number of carbonyl (C=O) groups is 1. The molecule has 2 bridgehead atoms. The monoisotopic (exact) mass is 377 g/mol. The Balaban J connectivity index is 1.67. The number of carbonyl (C=O) groups excluding carboxylic acids is 1. The van der Waals surface area contributed by atoms with Crippen molar-refractivity contribution in [1.82, 2.24) is 4.90 Å². The standard InChI is InChI=1S/C19H27NO5Si/c1-16(2)19(21)22-11-6-14-26-23-12-9-20(10-13-24-26)15-18(25-26)17-7-4-3-5-8-17/h3-5,7-8,18H,1,6,9-15H2,2H3. The van der Waals surface area contributed by atoms with E-state index in [0.717, 1.165) is 25.2 Å². The molecule has 0 aliphatic carbocycles. The minimum Gasteiger partial charge on any atom is -0.462 e. The van der Waals surface area contributed by atoms with Crippen molar-refractivity contribution < 1.29 is 22.8 Å².